The molecule has 4 nitrogen and oxygen atoms in total. The van der Waals surface area contributed by atoms with Gasteiger partial charge in [0, 0.05) is 25.1 Å². The molecule has 1 amide bonds. The van der Waals surface area contributed by atoms with Gasteiger partial charge in [-0.25, -0.2) is 0 Å². The number of rotatable bonds is 3. The highest BCUT2D eigenvalue weighted by atomic mass is 32.1. The molecular formula is C16H18N2O2S. The summed E-state index contributed by atoms with van der Waals surface area (Å²) in [6.07, 6.45) is 4.40. The van der Waals surface area contributed by atoms with E-state index in [1.807, 2.05) is 11.0 Å². The number of hydrogen-bond donors (Lipinski definition) is 0. The summed E-state index contributed by atoms with van der Waals surface area (Å²) in [5.74, 6) is 2.00. The number of hydrogen-bond acceptors (Lipinski definition) is 4. The van der Waals surface area contributed by atoms with E-state index in [9.17, 15) is 4.79 Å². The minimum Gasteiger partial charge on any atom is -0.360 e. The molecule has 0 radical (unpaired) electrons. The summed E-state index contributed by atoms with van der Waals surface area (Å²) in [6.45, 7) is 1.62. The van der Waals surface area contributed by atoms with Crippen LogP contribution in [0.25, 0.3) is 0 Å². The summed E-state index contributed by atoms with van der Waals surface area (Å²) in [5.41, 5.74) is 1.90. The second kappa shape index (κ2) is 5.30. The summed E-state index contributed by atoms with van der Waals surface area (Å²) >= 11 is 1.75. The van der Waals surface area contributed by atoms with E-state index >= 15 is 0 Å². The van der Waals surface area contributed by atoms with Crippen LogP contribution in [0.15, 0.2) is 27.4 Å². The Morgan fingerprint density at radius 1 is 1.24 bits per heavy atom. The van der Waals surface area contributed by atoms with Crippen LogP contribution in [0, 0.1) is 0 Å². The molecule has 1 aliphatic heterocycles. The molecule has 0 aromatic carbocycles. The van der Waals surface area contributed by atoms with Crippen molar-refractivity contribution in [3.8, 4) is 0 Å². The minimum atomic E-state index is 0.0226. The van der Waals surface area contributed by atoms with Crippen molar-refractivity contribution < 1.29 is 9.32 Å². The van der Waals surface area contributed by atoms with Gasteiger partial charge in [0.1, 0.15) is 5.76 Å². The number of carbonyl (C=O) groups is 1. The lowest BCUT2D eigenvalue weighted by Crippen LogP contribution is -2.38. The maximum Gasteiger partial charge on any atom is 0.276 e. The summed E-state index contributed by atoms with van der Waals surface area (Å²) < 4.78 is 5.28. The van der Waals surface area contributed by atoms with Crippen molar-refractivity contribution >= 4 is 17.2 Å². The highest BCUT2D eigenvalue weighted by Crippen LogP contribution is 2.40. The number of likely N-dealkylation sites (tertiary alicyclic amines) is 1. The number of nitrogens with zero attached hydrogens (tertiary/aromatic N) is 2. The zero-order valence-electron chi connectivity index (χ0n) is 11.8. The first kappa shape index (κ1) is 13.1. The van der Waals surface area contributed by atoms with Crippen molar-refractivity contribution in [2.45, 2.75) is 37.5 Å². The van der Waals surface area contributed by atoms with Gasteiger partial charge < -0.3 is 9.42 Å². The summed E-state index contributed by atoms with van der Waals surface area (Å²) in [4.78, 5) is 14.4. The SMILES string of the molecule is O=C(c1cc(C2CC2)on1)N1CCC(c2ccsc2)CC1. The van der Waals surface area contributed by atoms with Gasteiger partial charge in [0.15, 0.2) is 5.69 Å². The van der Waals surface area contributed by atoms with Gasteiger partial charge in [-0.05, 0) is 54.0 Å². The Morgan fingerprint density at radius 3 is 2.71 bits per heavy atom. The van der Waals surface area contributed by atoms with Gasteiger partial charge in [-0.1, -0.05) is 5.16 Å². The Morgan fingerprint density at radius 2 is 2.05 bits per heavy atom. The fraction of sp³-hybridized carbons (Fsp3) is 0.500. The van der Waals surface area contributed by atoms with Crippen molar-refractivity contribution in [1.82, 2.24) is 10.1 Å². The molecule has 1 saturated heterocycles. The van der Waals surface area contributed by atoms with Gasteiger partial charge in [-0.15, -0.1) is 0 Å². The zero-order chi connectivity index (χ0) is 14.2. The average Bonchev–Trinajstić information content (AvgIpc) is 3.05. The van der Waals surface area contributed by atoms with E-state index in [4.69, 9.17) is 4.52 Å². The molecule has 0 N–H and O–H groups in total. The molecule has 5 heteroatoms. The molecule has 2 aliphatic rings. The van der Waals surface area contributed by atoms with Crippen molar-refractivity contribution in [2.24, 2.45) is 0 Å². The van der Waals surface area contributed by atoms with Crippen molar-refractivity contribution in [1.29, 1.82) is 0 Å². The Bertz CT molecular complexity index is 623. The van der Waals surface area contributed by atoms with Crippen molar-refractivity contribution in [3.63, 3.8) is 0 Å². The number of piperidine rings is 1. The molecule has 2 fully saturated rings. The van der Waals surface area contributed by atoms with E-state index in [2.05, 4.69) is 22.0 Å². The minimum absolute atomic E-state index is 0.0226. The number of thiophene rings is 1. The molecule has 2 aromatic heterocycles. The second-order valence-electron chi connectivity index (χ2n) is 6.01. The molecule has 3 heterocycles. The third-order valence-electron chi connectivity index (χ3n) is 4.52. The van der Waals surface area contributed by atoms with Gasteiger partial charge in [0.2, 0.25) is 0 Å². The van der Waals surface area contributed by atoms with E-state index in [0.717, 1.165) is 44.5 Å². The fourth-order valence-corrected chi connectivity index (χ4v) is 3.78. The summed E-state index contributed by atoms with van der Waals surface area (Å²) in [7, 11) is 0. The Hall–Kier alpha value is -1.62. The van der Waals surface area contributed by atoms with Crippen LogP contribution in [-0.2, 0) is 0 Å². The van der Waals surface area contributed by atoms with E-state index in [-0.39, 0.29) is 5.91 Å². The van der Waals surface area contributed by atoms with Crippen LogP contribution >= 0.6 is 11.3 Å². The van der Waals surface area contributed by atoms with Crippen LogP contribution < -0.4 is 0 Å². The molecule has 2 aromatic rings. The molecular weight excluding hydrogens is 284 g/mol. The largest absolute Gasteiger partial charge is 0.360 e. The first-order valence-corrected chi connectivity index (χ1v) is 8.53. The van der Waals surface area contributed by atoms with Gasteiger partial charge >= 0.3 is 0 Å². The Kier molecular flexibility index (Phi) is 3.30. The molecule has 21 heavy (non-hydrogen) atoms. The van der Waals surface area contributed by atoms with E-state index in [1.165, 1.54) is 5.56 Å². The quantitative estimate of drug-likeness (QED) is 0.869. The lowest BCUT2D eigenvalue weighted by Gasteiger charge is -2.31. The highest BCUT2D eigenvalue weighted by Gasteiger charge is 2.31. The summed E-state index contributed by atoms with van der Waals surface area (Å²) in [5, 5.41) is 8.31. The van der Waals surface area contributed by atoms with Gasteiger partial charge in [0.05, 0.1) is 0 Å². The molecule has 4 rings (SSSR count). The smallest absolute Gasteiger partial charge is 0.276 e. The normalized spacial score (nSPS) is 19.9. The predicted molar refractivity (Wildman–Crippen MR) is 80.7 cm³/mol. The average molecular weight is 302 g/mol. The first-order chi connectivity index (χ1) is 10.3. The van der Waals surface area contributed by atoms with Gasteiger partial charge in [-0.3, -0.25) is 4.79 Å². The molecule has 0 spiro atoms. The van der Waals surface area contributed by atoms with E-state index in [1.54, 1.807) is 11.3 Å². The molecule has 0 bridgehead atoms. The first-order valence-electron chi connectivity index (χ1n) is 7.59. The van der Waals surface area contributed by atoms with Crippen LogP contribution in [-0.4, -0.2) is 29.1 Å². The molecule has 1 aliphatic carbocycles. The van der Waals surface area contributed by atoms with Gasteiger partial charge in [-0.2, -0.15) is 11.3 Å². The van der Waals surface area contributed by atoms with Crippen molar-refractivity contribution in [3.05, 3.63) is 39.9 Å². The van der Waals surface area contributed by atoms with Crippen molar-refractivity contribution in [2.75, 3.05) is 13.1 Å². The molecule has 0 atom stereocenters. The lowest BCUT2D eigenvalue weighted by atomic mass is 9.91. The number of amides is 1. The van der Waals surface area contributed by atoms with Crippen LogP contribution in [0.4, 0.5) is 0 Å². The lowest BCUT2D eigenvalue weighted by molar-refractivity contribution is 0.0702. The monoisotopic (exact) mass is 302 g/mol. The van der Waals surface area contributed by atoms with E-state index < -0.39 is 0 Å². The molecule has 1 saturated carbocycles. The number of aromatic nitrogens is 1. The maximum absolute atomic E-state index is 12.5. The second-order valence-corrected chi connectivity index (χ2v) is 6.79. The van der Waals surface area contributed by atoms with Gasteiger partial charge in [0.25, 0.3) is 5.91 Å². The Balaban J connectivity index is 1.39. The van der Waals surface area contributed by atoms with Crippen LogP contribution in [0.1, 0.15) is 59.3 Å². The topological polar surface area (TPSA) is 46.3 Å². The highest BCUT2D eigenvalue weighted by molar-refractivity contribution is 7.07. The third-order valence-corrected chi connectivity index (χ3v) is 5.23. The van der Waals surface area contributed by atoms with Crippen LogP contribution in [0.3, 0.4) is 0 Å². The van der Waals surface area contributed by atoms with E-state index in [0.29, 0.717) is 17.5 Å². The van der Waals surface area contributed by atoms with Crippen LogP contribution in [0.2, 0.25) is 0 Å². The Labute approximate surface area is 127 Å². The predicted octanol–water partition coefficient (Wildman–Crippen LogP) is 3.63. The molecule has 110 valence electrons. The zero-order valence-corrected chi connectivity index (χ0v) is 12.6. The number of carbonyl (C=O) groups excluding carboxylic acids is 1. The fourth-order valence-electron chi connectivity index (χ4n) is 3.04. The molecule has 0 unspecified atom stereocenters. The van der Waals surface area contributed by atoms with Crippen LogP contribution in [0.5, 0.6) is 0 Å². The maximum atomic E-state index is 12.5. The third kappa shape index (κ3) is 2.62. The summed E-state index contributed by atoms with van der Waals surface area (Å²) in [6, 6.07) is 4.04. The standard InChI is InChI=1S/C16H18N2O2S/c19-16(14-9-15(20-17-14)12-1-2-12)18-6-3-11(4-7-18)13-5-8-21-10-13/h5,8-12H,1-4,6-7H2.